The fourth-order valence-electron chi connectivity index (χ4n) is 0. The van der Waals surface area contributed by atoms with Crippen LogP contribution >= 0.6 is 0 Å². The van der Waals surface area contributed by atoms with E-state index in [0.717, 1.165) is 0 Å². The van der Waals surface area contributed by atoms with E-state index < -0.39 is 0 Å². The van der Waals surface area contributed by atoms with E-state index in [9.17, 15) is 0 Å². The smallest absolute Gasteiger partial charge is 0.0344 e. The number of hydrogen-bond acceptors (Lipinski definition) is 1. The maximum absolute atomic E-state index is 8.47. The fraction of sp³-hybridized carbons (Fsp3) is 0. The average Bonchev–Trinajstić information content (AvgIpc) is 0.918. The second kappa shape index (κ2) is 11.0. The topological polar surface area (TPSA) is 40.9 Å². The van der Waals surface area contributed by atoms with Gasteiger partial charge in [-0.05, 0) is 0 Å². The first-order valence-electron chi connectivity index (χ1n) is 0.524. The minimum atomic E-state index is 0. The van der Waals surface area contributed by atoms with E-state index in [-0.39, 0.29) is 27.5 Å². The van der Waals surface area contributed by atoms with Crippen LogP contribution in [0.4, 0.5) is 0 Å². The minimum Gasteiger partial charge on any atom is -0.671 e. The molecule has 0 heterocycles. The van der Waals surface area contributed by atoms with Gasteiger partial charge in [0, 0.05) is 27.5 Å². The first kappa shape index (κ1) is 8.90. The van der Waals surface area contributed by atoms with Crippen LogP contribution in [0.25, 0.3) is 5.73 Å². The van der Waals surface area contributed by atoms with E-state index in [2.05, 4.69) is 0 Å². The van der Waals surface area contributed by atoms with Gasteiger partial charge >= 0.3 is 0 Å². The molecule has 24 valence electrons. The molecular weight excluding hydrogens is 226 g/mol. The van der Waals surface area contributed by atoms with Gasteiger partial charge in [0.1, 0.15) is 0 Å². The first-order valence-corrected chi connectivity index (χ1v) is 0.524. The van der Waals surface area contributed by atoms with Gasteiger partial charge in [0.25, 0.3) is 0 Å². The van der Waals surface area contributed by atoms with Crippen molar-refractivity contribution in [3.63, 3.8) is 0 Å². The van der Waals surface area contributed by atoms with E-state index in [1.54, 1.807) is 0 Å². The molecule has 0 unspecified atom stereocenters. The Morgan fingerprint density at radius 1 is 1.75 bits per heavy atom. The molecule has 0 saturated heterocycles. The van der Waals surface area contributed by atoms with Crippen LogP contribution in [-0.2, 0) is 25.9 Å². The van der Waals surface area contributed by atoms with E-state index >= 15 is 0 Å². The van der Waals surface area contributed by atoms with Crippen LogP contribution < -0.4 is 0 Å². The van der Waals surface area contributed by atoms with Gasteiger partial charge in [-0.25, -0.2) is 0 Å². The molecule has 0 atom stereocenters. The molecule has 0 aliphatic carbocycles. The Bertz CT molecular complexity index is 15.5. The molecule has 0 aromatic rings. The molecule has 3 heteroatoms. The standard InChI is InChI=1S/CH3NO.W/c2-1-3;/h1H,(H2,2,3);/p-1. The molecule has 0 radical (unpaired) electrons. The molecule has 4 heavy (non-hydrogen) atoms. The zero-order valence-corrected chi connectivity index (χ0v) is 4.83. The zero-order valence-electron chi connectivity index (χ0n) is 1.89. The Hall–Kier alpha value is 0.158. The summed E-state index contributed by atoms with van der Waals surface area (Å²) in [5.74, 6) is 0. The third-order valence-electron chi connectivity index (χ3n) is 0. The molecule has 0 rings (SSSR count). The van der Waals surface area contributed by atoms with Gasteiger partial charge in [-0.1, -0.05) is 0 Å². The quantitative estimate of drug-likeness (QED) is 0.545. The third-order valence-corrected chi connectivity index (χ3v) is 0. The summed E-state index contributed by atoms with van der Waals surface area (Å²) < 4.78 is 0. The van der Waals surface area contributed by atoms with Gasteiger partial charge in [-0.15, -0.1) is 0 Å². The molecule has 0 aliphatic heterocycles. The Morgan fingerprint density at radius 3 is 1.75 bits per heavy atom. The van der Waals surface area contributed by atoms with E-state index in [0.29, 0.717) is 0 Å². The molecule has 0 fully saturated rings. The van der Waals surface area contributed by atoms with Crippen molar-refractivity contribution in [1.29, 1.82) is 0 Å². The monoisotopic (exact) mass is 228 g/mol. The van der Waals surface area contributed by atoms with E-state index in [1.165, 1.54) is 0 Å². The molecule has 0 aromatic heterocycles. The van der Waals surface area contributed by atoms with Crippen LogP contribution in [-0.4, -0.2) is 6.41 Å². The summed E-state index contributed by atoms with van der Waals surface area (Å²) in [6, 6.07) is 0. The fourth-order valence-corrected chi connectivity index (χ4v) is 0. The van der Waals surface area contributed by atoms with Gasteiger partial charge in [0.15, 0.2) is 0 Å². The van der Waals surface area contributed by atoms with Crippen LogP contribution in [0.3, 0.4) is 0 Å². The van der Waals surface area contributed by atoms with Crippen molar-refractivity contribution in [2.45, 2.75) is 0 Å². The molecule has 0 spiro atoms. The van der Waals surface area contributed by atoms with Crippen LogP contribution in [0.2, 0.25) is 0 Å². The second-order valence-corrected chi connectivity index (χ2v) is 0.118. The molecule has 0 saturated carbocycles. The van der Waals surface area contributed by atoms with Crippen molar-refractivity contribution in [2.75, 3.05) is 0 Å². The SMILES string of the molecule is [NH-]C=O.[W]. The van der Waals surface area contributed by atoms with Crippen molar-refractivity contribution in [1.82, 2.24) is 0 Å². The Morgan fingerprint density at radius 2 is 1.75 bits per heavy atom. The molecule has 1 amide bonds. The zero-order chi connectivity index (χ0) is 2.71. The molecule has 0 bridgehead atoms. The van der Waals surface area contributed by atoms with E-state index in [1.807, 2.05) is 0 Å². The summed E-state index contributed by atoms with van der Waals surface area (Å²) in [6.45, 7) is 0. The third kappa shape index (κ3) is 116. The summed E-state index contributed by atoms with van der Waals surface area (Å²) in [5, 5.41) is 0. The van der Waals surface area contributed by atoms with Crippen LogP contribution in [0, 0.1) is 0 Å². The minimum absolute atomic E-state index is 0. The van der Waals surface area contributed by atoms with Crippen LogP contribution in [0.1, 0.15) is 0 Å². The predicted molar refractivity (Wildman–Crippen MR) is 10.4 cm³/mol. The number of rotatable bonds is 0. The maximum Gasteiger partial charge on any atom is 0.0344 e. The van der Waals surface area contributed by atoms with Gasteiger partial charge in [-0.2, -0.15) is 0 Å². The van der Waals surface area contributed by atoms with Crippen LogP contribution in [0.15, 0.2) is 0 Å². The number of hydrogen-bond donors (Lipinski definition) is 0. The average molecular weight is 228 g/mol. The summed E-state index contributed by atoms with van der Waals surface area (Å²) in [4.78, 5) is 8.47. The van der Waals surface area contributed by atoms with Crippen molar-refractivity contribution in [2.24, 2.45) is 0 Å². The van der Waals surface area contributed by atoms with Crippen molar-refractivity contribution in [3.8, 4) is 0 Å². The number of carbonyl (C=O) groups is 1. The normalized spacial score (nSPS) is 3.00. The largest absolute Gasteiger partial charge is 0.671 e. The second-order valence-electron chi connectivity index (χ2n) is 0.118. The summed E-state index contributed by atoms with van der Waals surface area (Å²) in [7, 11) is 0. The van der Waals surface area contributed by atoms with Gasteiger partial charge < -0.3 is 10.5 Å². The summed E-state index contributed by atoms with van der Waals surface area (Å²) in [5.41, 5.74) is 5.53. The van der Waals surface area contributed by atoms with E-state index in [4.69, 9.17) is 10.5 Å². The number of amides is 1. The Labute approximate surface area is 38.6 Å². The molecule has 0 aromatic carbocycles. The molecular formula is CH2NOW-. The molecule has 1 N–H and O–H groups in total. The van der Waals surface area contributed by atoms with Crippen molar-refractivity contribution < 1.29 is 25.9 Å². The molecule has 0 aliphatic rings. The van der Waals surface area contributed by atoms with Gasteiger partial charge in [-0.3, -0.25) is 0 Å². The van der Waals surface area contributed by atoms with Crippen LogP contribution in [0.5, 0.6) is 0 Å². The Balaban J connectivity index is 0. The van der Waals surface area contributed by atoms with Gasteiger partial charge in [0.2, 0.25) is 0 Å². The predicted octanol–water partition coefficient (Wildman–Crippen LogP) is 0.193. The Kier molecular flexibility index (Phi) is 24.4. The molecule has 2 nitrogen and oxygen atoms in total. The van der Waals surface area contributed by atoms with Gasteiger partial charge in [0.05, 0.1) is 0 Å². The maximum atomic E-state index is 8.47. The number of carbonyl (C=O) groups excluding carboxylic acids is 1. The first-order chi connectivity index (χ1) is 1.41. The summed E-state index contributed by atoms with van der Waals surface area (Å²) in [6.07, 6.45) is 0. The number of nitrogens with one attached hydrogen (secondary N) is 1. The van der Waals surface area contributed by atoms with Crippen molar-refractivity contribution >= 4 is 6.41 Å². The summed E-state index contributed by atoms with van der Waals surface area (Å²) >= 11 is 0. The van der Waals surface area contributed by atoms with Crippen molar-refractivity contribution in [3.05, 3.63) is 5.73 Å².